The van der Waals surface area contributed by atoms with E-state index < -0.39 is 0 Å². The second-order valence-electron chi connectivity index (χ2n) is 5.85. The van der Waals surface area contributed by atoms with Crippen molar-refractivity contribution >= 4 is 21.8 Å². The molecule has 0 bridgehead atoms. The van der Waals surface area contributed by atoms with Gasteiger partial charge in [0, 0.05) is 35.0 Å². The number of nitrogens with zero attached hydrogens (tertiary/aromatic N) is 1. The van der Waals surface area contributed by atoms with Crippen LogP contribution < -0.4 is 5.32 Å². The molecule has 0 saturated heterocycles. The number of aryl methyl sites for hydroxylation is 1. The fourth-order valence-electron chi connectivity index (χ4n) is 2.52. The van der Waals surface area contributed by atoms with Gasteiger partial charge in [-0.1, -0.05) is 46.3 Å². The van der Waals surface area contributed by atoms with Crippen molar-refractivity contribution in [3.05, 3.63) is 76.5 Å². The molecule has 3 aromatic rings. The number of amides is 1. The highest BCUT2D eigenvalue weighted by molar-refractivity contribution is 9.10. The summed E-state index contributed by atoms with van der Waals surface area (Å²) in [5.74, 6) is 0.866. The van der Waals surface area contributed by atoms with Crippen molar-refractivity contribution in [2.24, 2.45) is 0 Å². The first kappa shape index (κ1) is 18.3. The van der Waals surface area contributed by atoms with E-state index in [0.29, 0.717) is 30.7 Å². The van der Waals surface area contributed by atoms with E-state index in [9.17, 15) is 9.18 Å². The molecule has 0 aliphatic heterocycles. The predicted molar refractivity (Wildman–Crippen MR) is 101 cm³/mol. The molecule has 2 aromatic carbocycles. The van der Waals surface area contributed by atoms with Gasteiger partial charge in [-0.15, -0.1) is 0 Å². The molecule has 6 heteroatoms. The average molecular weight is 417 g/mol. The lowest BCUT2D eigenvalue weighted by Crippen LogP contribution is -2.23. The zero-order valence-corrected chi connectivity index (χ0v) is 15.6. The maximum atomic E-state index is 13.6. The van der Waals surface area contributed by atoms with Crippen LogP contribution in [0.5, 0.6) is 0 Å². The van der Waals surface area contributed by atoms with Crippen molar-refractivity contribution in [1.82, 2.24) is 10.3 Å². The van der Waals surface area contributed by atoms with E-state index in [2.05, 4.69) is 26.2 Å². The van der Waals surface area contributed by atoms with E-state index in [4.69, 9.17) is 4.42 Å². The van der Waals surface area contributed by atoms with Crippen LogP contribution in [0.1, 0.15) is 24.3 Å². The summed E-state index contributed by atoms with van der Waals surface area (Å²) in [4.78, 5) is 16.2. The Hall–Kier alpha value is -2.47. The van der Waals surface area contributed by atoms with E-state index in [1.807, 2.05) is 30.3 Å². The van der Waals surface area contributed by atoms with Gasteiger partial charge in [-0.25, -0.2) is 9.37 Å². The van der Waals surface area contributed by atoms with Crippen LogP contribution in [0.3, 0.4) is 0 Å². The van der Waals surface area contributed by atoms with Crippen LogP contribution in [-0.2, 0) is 17.8 Å². The van der Waals surface area contributed by atoms with Gasteiger partial charge in [0.15, 0.2) is 11.7 Å². The molecule has 3 rings (SSSR count). The summed E-state index contributed by atoms with van der Waals surface area (Å²) in [6, 6.07) is 14.4. The van der Waals surface area contributed by atoms with Gasteiger partial charge in [0.25, 0.3) is 0 Å². The van der Waals surface area contributed by atoms with Gasteiger partial charge in [0.05, 0.1) is 6.20 Å². The molecule has 0 radical (unpaired) electrons. The fraction of sp³-hybridized carbons (Fsp3) is 0.200. The summed E-state index contributed by atoms with van der Waals surface area (Å²) < 4.78 is 20.1. The highest BCUT2D eigenvalue weighted by Gasteiger charge is 2.09. The van der Waals surface area contributed by atoms with Crippen LogP contribution in [0.15, 0.2) is 63.6 Å². The van der Waals surface area contributed by atoms with Gasteiger partial charge in [0.2, 0.25) is 5.91 Å². The number of hydrogen-bond acceptors (Lipinski definition) is 3. The first-order valence-electron chi connectivity index (χ1n) is 8.32. The molecule has 4 nitrogen and oxygen atoms in total. The van der Waals surface area contributed by atoms with Crippen LogP contribution in [0.2, 0.25) is 0 Å². The summed E-state index contributed by atoms with van der Waals surface area (Å²) in [6.07, 6.45) is 3.21. The lowest BCUT2D eigenvalue weighted by atomic mass is 10.2. The molecule has 1 N–H and O–H groups in total. The number of carbonyl (C=O) groups is 1. The molecule has 0 saturated carbocycles. The van der Waals surface area contributed by atoms with Crippen LogP contribution in [0, 0.1) is 5.82 Å². The van der Waals surface area contributed by atoms with Gasteiger partial charge in [-0.05, 0) is 24.6 Å². The predicted octanol–water partition coefficient (Wildman–Crippen LogP) is 4.88. The first-order chi connectivity index (χ1) is 12.6. The quantitative estimate of drug-likeness (QED) is 0.596. The molecular weight excluding hydrogens is 399 g/mol. The monoisotopic (exact) mass is 416 g/mol. The SMILES string of the molecule is O=C(CCCc1ncc(-c2ccccc2)o1)NCc1cc(Br)ccc1F. The molecule has 0 atom stereocenters. The lowest BCUT2D eigenvalue weighted by molar-refractivity contribution is -0.121. The third kappa shape index (κ3) is 5.02. The van der Waals surface area contributed by atoms with Gasteiger partial charge in [0.1, 0.15) is 5.82 Å². The Morgan fingerprint density at radius 2 is 2.00 bits per heavy atom. The molecule has 0 spiro atoms. The summed E-state index contributed by atoms with van der Waals surface area (Å²) in [5, 5.41) is 2.73. The number of carbonyl (C=O) groups excluding carboxylic acids is 1. The molecular formula is C20H18BrFN2O2. The minimum absolute atomic E-state index is 0.126. The maximum Gasteiger partial charge on any atom is 0.220 e. The number of rotatable bonds is 7. The molecule has 1 amide bonds. The van der Waals surface area contributed by atoms with Crippen LogP contribution in [0.4, 0.5) is 4.39 Å². The van der Waals surface area contributed by atoms with Crippen LogP contribution >= 0.6 is 15.9 Å². The zero-order chi connectivity index (χ0) is 18.4. The first-order valence-corrected chi connectivity index (χ1v) is 9.12. The Bertz CT molecular complexity index is 881. The number of halogens is 2. The normalized spacial score (nSPS) is 10.7. The fourth-order valence-corrected chi connectivity index (χ4v) is 2.93. The van der Waals surface area contributed by atoms with Gasteiger partial charge in [-0.3, -0.25) is 4.79 Å². The van der Waals surface area contributed by atoms with Crippen molar-refractivity contribution < 1.29 is 13.6 Å². The standard InChI is InChI=1S/C20H18BrFN2O2/c21-16-9-10-17(22)15(11-16)12-23-19(25)7-4-8-20-24-13-18(26-20)14-5-2-1-3-6-14/h1-3,5-6,9-11,13H,4,7-8,12H2,(H,23,25). The molecule has 0 aliphatic rings. The van der Waals surface area contributed by atoms with E-state index in [1.165, 1.54) is 6.07 Å². The molecule has 1 aromatic heterocycles. The molecule has 134 valence electrons. The number of hydrogen-bond donors (Lipinski definition) is 1. The summed E-state index contributed by atoms with van der Waals surface area (Å²) in [6.45, 7) is 0.168. The Labute approximate surface area is 159 Å². The zero-order valence-electron chi connectivity index (χ0n) is 14.0. The van der Waals surface area contributed by atoms with Gasteiger partial charge in [-0.2, -0.15) is 0 Å². The smallest absolute Gasteiger partial charge is 0.220 e. The Balaban J connectivity index is 1.44. The Morgan fingerprint density at radius 3 is 2.81 bits per heavy atom. The maximum absolute atomic E-state index is 13.6. The highest BCUT2D eigenvalue weighted by atomic mass is 79.9. The lowest BCUT2D eigenvalue weighted by Gasteiger charge is -2.06. The van der Waals surface area contributed by atoms with Gasteiger partial charge < -0.3 is 9.73 Å². The number of oxazole rings is 1. The second-order valence-corrected chi connectivity index (χ2v) is 6.77. The second kappa shape index (κ2) is 8.76. The summed E-state index contributed by atoms with van der Waals surface area (Å²) in [7, 11) is 0. The third-order valence-corrected chi connectivity index (χ3v) is 4.38. The van der Waals surface area contributed by atoms with Crippen molar-refractivity contribution in [3.8, 4) is 11.3 Å². The average Bonchev–Trinajstić information content (AvgIpc) is 3.12. The molecule has 0 fully saturated rings. The highest BCUT2D eigenvalue weighted by Crippen LogP contribution is 2.20. The van der Waals surface area contributed by atoms with E-state index >= 15 is 0 Å². The minimum Gasteiger partial charge on any atom is -0.441 e. The molecule has 26 heavy (non-hydrogen) atoms. The molecule has 0 aliphatic carbocycles. The number of aromatic nitrogens is 1. The number of nitrogens with one attached hydrogen (secondary N) is 1. The largest absolute Gasteiger partial charge is 0.441 e. The molecule has 0 unspecified atom stereocenters. The van der Waals surface area contributed by atoms with Crippen molar-refractivity contribution in [1.29, 1.82) is 0 Å². The van der Waals surface area contributed by atoms with Crippen LogP contribution in [0.25, 0.3) is 11.3 Å². The minimum atomic E-state index is -0.332. The summed E-state index contributed by atoms with van der Waals surface area (Å²) in [5.41, 5.74) is 1.42. The van der Waals surface area contributed by atoms with E-state index in [-0.39, 0.29) is 18.3 Å². The molecule has 1 heterocycles. The van der Waals surface area contributed by atoms with E-state index in [0.717, 1.165) is 15.8 Å². The Kier molecular flexibility index (Phi) is 6.17. The summed E-state index contributed by atoms with van der Waals surface area (Å²) >= 11 is 3.29. The van der Waals surface area contributed by atoms with E-state index in [1.54, 1.807) is 18.3 Å². The Morgan fingerprint density at radius 1 is 1.19 bits per heavy atom. The van der Waals surface area contributed by atoms with Crippen LogP contribution in [-0.4, -0.2) is 10.9 Å². The topological polar surface area (TPSA) is 55.1 Å². The third-order valence-electron chi connectivity index (χ3n) is 3.89. The van der Waals surface area contributed by atoms with Crippen molar-refractivity contribution in [3.63, 3.8) is 0 Å². The van der Waals surface area contributed by atoms with Gasteiger partial charge >= 0.3 is 0 Å². The number of benzene rings is 2. The van der Waals surface area contributed by atoms with Crippen molar-refractivity contribution in [2.75, 3.05) is 0 Å². The van der Waals surface area contributed by atoms with Crippen molar-refractivity contribution in [2.45, 2.75) is 25.8 Å².